The van der Waals surface area contributed by atoms with Crippen molar-refractivity contribution in [3.8, 4) is 0 Å². The summed E-state index contributed by atoms with van der Waals surface area (Å²) in [6.45, 7) is 3.16. The molecule has 1 aromatic carbocycles. The number of aliphatic hydroxyl groups is 1. The molecule has 0 heterocycles. The van der Waals surface area contributed by atoms with Crippen LogP contribution >= 0.6 is 0 Å². The second-order valence-corrected chi connectivity index (χ2v) is 5.19. The summed E-state index contributed by atoms with van der Waals surface area (Å²) in [6.07, 6.45) is 4.63. The van der Waals surface area contributed by atoms with E-state index in [2.05, 4.69) is 24.1 Å². The van der Waals surface area contributed by atoms with Crippen molar-refractivity contribution in [1.29, 1.82) is 0 Å². The fraction of sp³-hybridized carbons (Fsp3) is 0.600. The highest BCUT2D eigenvalue weighted by Crippen LogP contribution is 2.28. The van der Waals surface area contributed by atoms with Gasteiger partial charge >= 0.3 is 0 Å². The van der Waals surface area contributed by atoms with Crippen LogP contribution in [0, 0.1) is 5.92 Å². The Balaban J connectivity index is 1.96. The highest BCUT2D eigenvalue weighted by Gasteiger charge is 2.19. The molecule has 0 amide bonds. The first-order valence-electron chi connectivity index (χ1n) is 6.70. The van der Waals surface area contributed by atoms with Gasteiger partial charge in [0, 0.05) is 19.3 Å². The van der Waals surface area contributed by atoms with Gasteiger partial charge in [0.25, 0.3) is 0 Å². The minimum atomic E-state index is -0.319. The van der Waals surface area contributed by atoms with Crippen LogP contribution < -0.4 is 4.90 Å². The van der Waals surface area contributed by atoms with E-state index in [1.54, 1.807) is 0 Å². The van der Waals surface area contributed by atoms with Crippen molar-refractivity contribution in [2.45, 2.75) is 38.7 Å². The molecule has 1 aliphatic carbocycles. The summed E-state index contributed by atoms with van der Waals surface area (Å²) in [5.41, 5.74) is 2.28. The molecule has 1 saturated carbocycles. The molecule has 1 N–H and O–H groups in total. The second-order valence-electron chi connectivity index (χ2n) is 5.19. The van der Waals surface area contributed by atoms with Crippen LogP contribution in [-0.4, -0.2) is 18.7 Å². The summed E-state index contributed by atoms with van der Waals surface area (Å²) in [5.74, 6) is 0.890. The summed E-state index contributed by atoms with van der Waals surface area (Å²) in [6, 6.07) is 8.32. The standard InChI is InChI=1S/C15H23NO/c1-3-15(17)13-7-9-14(10-8-13)16(2)11-12-5-4-6-12/h7-10,12,15,17H,3-6,11H2,1-2H3/t15-/m1/s1. The first-order valence-corrected chi connectivity index (χ1v) is 6.70. The van der Waals surface area contributed by atoms with E-state index in [1.807, 2.05) is 19.1 Å². The molecule has 94 valence electrons. The van der Waals surface area contributed by atoms with Crippen LogP contribution in [0.15, 0.2) is 24.3 Å². The van der Waals surface area contributed by atoms with Gasteiger partial charge in [-0.25, -0.2) is 0 Å². The van der Waals surface area contributed by atoms with Crippen molar-refractivity contribution in [3.63, 3.8) is 0 Å². The predicted molar refractivity (Wildman–Crippen MR) is 72.3 cm³/mol. The molecule has 1 atom stereocenters. The first kappa shape index (κ1) is 12.4. The van der Waals surface area contributed by atoms with Gasteiger partial charge in [0.05, 0.1) is 6.10 Å². The van der Waals surface area contributed by atoms with Crippen LogP contribution in [0.25, 0.3) is 0 Å². The van der Waals surface area contributed by atoms with Gasteiger partial charge in [0.1, 0.15) is 0 Å². The number of aliphatic hydroxyl groups excluding tert-OH is 1. The Kier molecular flexibility index (Phi) is 4.06. The van der Waals surface area contributed by atoms with Crippen LogP contribution in [0.1, 0.15) is 44.3 Å². The first-order chi connectivity index (χ1) is 8.20. The molecule has 0 saturated heterocycles. The molecule has 1 aliphatic rings. The normalized spacial score (nSPS) is 17.6. The van der Waals surface area contributed by atoms with E-state index in [4.69, 9.17) is 0 Å². The Labute approximate surface area is 104 Å². The summed E-state index contributed by atoms with van der Waals surface area (Å²) in [5, 5.41) is 9.74. The van der Waals surface area contributed by atoms with Gasteiger partial charge in [-0.15, -0.1) is 0 Å². The molecule has 0 unspecified atom stereocenters. The molecule has 2 nitrogen and oxygen atoms in total. The molecule has 0 aromatic heterocycles. The molecular weight excluding hydrogens is 210 g/mol. The summed E-state index contributed by atoms with van der Waals surface area (Å²) < 4.78 is 0. The molecule has 0 radical (unpaired) electrons. The molecule has 17 heavy (non-hydrogen) atoms. The van der Waals surface area contributed by atoms with Crippen molar-refractivity contribution >= 4 is 5.69 Å². The van der Waals surface area contributed by atoms with E-state index in [-0.39, 0.29) is 6.10 Å². The molecule has 1 aromatic rings. The third-order valence-corrected chi connectivity index (χ3v) is 3.86. The van der Waals surface area contributed by atoms with E-state index < -0.39 is 0 Å². The SMILES string of the molecule is CC[C@@H](O)c1ccc(N(C)CC2CCC2)cc1. The fourth-order valence-electron chi connectivity index (χ4n) is 2.35. The largest absolute Gasteiger partial charge is 0.388 e. The van der Waals surface area contributed by atoms with E-state index in [9.17, 15) is 5.11 Å². The molecule has 2 heteroatoms. The summed E-state index contributed by atoms with van der Waals surface area (Å²) in [4.78, 5) is 2.33. The third kappa shape index (κ3) is 3.01. The Morgan fingerprint density at radius 3 is 2.41 bits per heavy atom. The maximum Gasteiger partial charge on any atom is 0.0787 e. The van der Waals surface area contributed by atoms with E-state index in [0.29, 0.717) is 0 Å². The molecule has 2 rings (SSSR count). The van der Waals surface area contributed by atoms with Crippen molar-refractivity contribution in [2.24, 2.45) is 5.92 Å². The van der Waals surface area contributed by atoms with Crippen LogP contribution in [0.3, 0.4) is 0 Å². The minimum absolute atomic E-state index is 0.319. The zero-order valence-corrected chi connectivity index (χ0v) is 10.9. The second kappa shape index (κ2) is 5.54. The Morgan fingerprint density at radius 1 is 1.29 bits per heavy atom. The average Bonchev–Trinajstić information content (AvgIpc) is 2.32. The topological polar surface area (TPSA) is 23.5 Å². The zero-order valence-electron chi connectivity index (χ0n) is 10.9. The molecule has 0 spiro atoms. The van der Waals surface area contributed by atoms with E-state index in [0.717, 1.165) is 24.4 Å². The molecular formula is C15H23NO. The van der Waals surface area contributed by atoms with Crippen molar-refractivity contribution < 1.29 is 5.11 Å². The lowest BCUT2D eigenvalue weighted by atomic mass is 9.85. The Morgan fingerprint density at radius 2 is 1.94 bits per heavy atom. The van der Waals surface area contributed by atoms with Gasteiger partial charge in [-0.1, -0.05) is 25.5 Å². The third-order valence-electron chi connectivity index (χ3n) is 3.86. The zero-order chi connectivity index (χ0) is 12.3. The maximum absolute atomic E-state index is 9.74. The van der Waals surface area contributed by atoms with Gasteiger partial charge in [-0.3, -0.25) is 0 Å². The smallest absolute Gasteiger partial charge is 0.0787 e. The Bertz CT molecular complexity index is 342. The Hall–Kier alpha value is -1.02. The number of nitrogens with zero attached hydrogens (tertiary/aromatic N) is 1. The average molecular weight is 233 g/mol. The van der Waals surface area contributed by atoms with E-state index >= 15 is 0 Å². The lowest BCUT2D eigenvalue weighted by Gasteiger charge is -2.31. The van der Waals surface area contributed by atoms with Gasteiger partial charge in [-0.05, 0) is 42.9 Å². The molecule has 0 aliphatic heterocycles. The molecule has 0 bridgehead atoms. The number of hydrogen-bond donors (Lipinski definition) is 1. The highest BCUT2D eigenvalue weighted by atomic mass is 16.3. The van der Waals surface area contributed by atoms with Gasteiger partial charge in [0.2, 0.25) is 0 Å². The van der Waals surface area contributed by atoms with Crippen molar-refractivity contribution in [2.75, 3.05) is 18.5 Å². The lowest BCUT2D eigenvalue weighted by molar-refractivity contribution is 0.173. The van der Waals surface area contributed by atoms with Crippen LogP contribution in [0.5, 0.6) is 0 Å². The van der Waals surface area contributed by atoms with Crippen LogP contribution in [0.2, 0.25) is 0 Å². The predicted octanol–water partition coefficient (Wildman–Crippen LogP) is 3.37. The van der Waals surface area contributed by atoms with Crippen molar-refractivity contribution in [1.82, 2.24) is 0 Å². The highest BCUT2D eigenvalue weighted by molar-refractivity contribution is 5.47. The lowest BCUT2D eigenvalue weighted by Crippen LogP contribution is -2.29. The number of hydrogen-bond acceptors (Lipinski definition) is 2. The number of anilines is 1. The van der Waals surface area contributed by atoms with Gasteiger partial charge in [-0.2, -0.15) is 0 Å². The fourth-order valence-corrected chi connectivity index (χ4v) is 2.35. The maximum atomic E-state index is 9.74. The minimum Gasteiger partial charge on any atom is -0.388 e. The quantitative estimate of drug-likeness (QED) is 0.843. The monoisotopic (exact) mass is 233 g/mol. The molecule has 1 fully saturated rings. The van der Waals surface area contributed by atoms with Gasteiger partial charge < -0.3 is 10.0 Å². The van der Waals surface area contributed by atoms with E-state index in [1.165, 1.54) is 24.9 Å². The summed E-state index contributed by atoms with van der Waals surface area (Å²) in [7, 11) is 2.16. The van der Waals surface area contributed by atoms with Crippen LogP contribution in [-0.2, 0) is 0 Å². The van der Waals surface area contributed by atoms with Crippen LogP contribution in [0.4, 0.5) is 5.69 Å². The van der Waals surface area contributed by atoms with Gasteiger partial charge in [0.15, 0.2) is 0 Å². The number of benzene rings is 1. The van der Waals surface area contributed by atoms with Crippen molar-refractivity contribution in [3.05, 3.63) is 29.8 Å². The summed E-state index contributed by atoms with van der Waals surface area (Å²) >= 11 is 0. The number of rotatable bonds is 5.